The van der Waals surface area contributed by atoms with Gasteiger partial charge in [-0.3, -0.25) is 0 Å². The summed E-state index contributed by atoms with van der Waals surface area (Å²) in [4.78, 5) is 0. The Bertz CT molecular complexity index is 24.7. The number of rotatable bonds is 2. The molecular weight excluding hydrogens is 148 g/mol. The van der Waals surface area contributed by atoms with Gasteiger partial charge >= 0.3 is 0 Å². The summed E-state index contributed by atoms with van der Waals surface area (Å²) in [6, 6.07) is 0. The first-order valence-electron chi connectivity index (χ1n) is 1.79. The molecule has 0 aromatic carbocycles. The van der Waals surface area contributed by atoms with E-state index in [1.807, 2.05) is 0 Å². The van der Waals surface area contributed by atoms with Gasteiger partial charge in [0.25, 0.3) is 0 Å². The van der Waals surface area contributed by atoms with Gasteiger partial charge in [-0.2, -0.15) is 0 Å². The monoisotopic (exact) mass is 158 g/mol. The summed E-state index contributed by atoms with van der Waals surface area (Å²) >= 11 is 0. The predicted molar refractivity (Wildman–Crippen MR) is 45.2 cm³/mol. The van der Waals surface area contributed by atoms with Crippen molar-refractivity contribution in [1.82, 2.24) is 0 Å². The number of hydrogen-bond donors (Lipinski definition) is 0. The quantitative estimate of drug-likeness (QED) is 0.542. The van der Waals surface area contributed by atoms with E-state index in [0.29, 0.717) is 7.30 Å². The molecule has 0 aromatic rings. The van der Waals surface area contributed by atoms with Crippen molar-refractivity contribution < 1.29 is 0 Å². The minimum absolute atomic E-state index is 0.331. The maximum absolute atomic E-state index is 2.87. The lowest BCUT2D eigenvalue weighted by atomic mass is 11.0. The van der Waals surface area contributed by atoms with Crippen molar-refractivity contribution >= 4 is 33.1 Å². The SMILES string of the molecule is CCP(P)PP. The Morgan fingerprint density at radius 3 is 2.33 bits per heavy atom. The van der Waals surface area contributed by atoms with Crippen molar-refractivity contribution in [1.29, 1.82) is 0 Å². The average Bonchev–Trinajstić information content (AvgIpc) is 1.65. The summed E-state index contributed by atoms with van der Waals surface area (Å²) in [5.41, 5.74) is 0. The lowest BCUT2D eigenvalue weighted by Crippen LogP contribution is -1.51. The fraction of sp³-hybridized carbons (Fsp3) is 1.00. The van der Waals surface area contributed by atoms with Crippen molar-refractivity contribution in [2.45, 2.75) is 6.92 Å². The van der Waals surface area contributed by atoms with Crippen LogP contribution in [-0.4, -0.2) is 6.16 Å². The van der Waals surface area contributed by atoms with Crippen LogP contribution >= 0.6 is 33.1 Å². The molecule has 0 fully saturated rings. The molecule has 0 radical (unpaired) electrons. The highest BCUT2D eigenvalue weighted by molar-refractivity contribution is 8.61. The van der Waals surface area contributed by atoms with Crippen molar-refractivity contribution in [2.24, 2.45) is 0 Å². The predicted octanol–water partition coefficient (Wildman–Crippen LogP) is 2.66. The van der Waals surface area contributed by atoms with Crippen LogP contribution in [0.1, 0.15) is 6.92 Å². The van der Waals surface area contributed by atoms with E-state index in [1.54, 1.807) is 0 Å². The van der Waals surface area contributed by atoms with Gasteiger partial charge in [-0.1, -0.05) is 22.2 Å². The van der Waals surface area contributed by atoms with Gasteiger partial charge in [0.2, 0.25) is 0 Å². The normalized spacial score (nSPS) is 16.5. The molecule has 0 saturated heterocycles. The molecule has 4 atom stereocenters. The molecular formula is C2H10P4. The highest BCUT2D eigenvalue weighted by Crippen LogP contribution is 2.65. The summed E-state index contributed by atoms with van der Waals surface area (Å²) in [5.74, 6) is 0. The zero-order valence-electron chi connectivity index (χ0n) is 3.81. The van der Waals surface area contributed by atoms with Crippen LogP contribution in [0.5, 0.6) is 0 Å². The van der Waals surface area contributed by atoms with Gasteiger partial charge in [-0.15, -0.1) is 17.9 Å². The summed E-state index contributed by atoms with van der Waals surface area (Å²) < 4.78 is 0. The topological polar surface area (TPSA) is 0 Å². The van der Waals surface area contributed by atoms with Crippen molar-refractivity contribution in [2.75, 3.05) is 6.16 Å². The third-order valence-electron chi connectivity index (χ3n) is 0.507. The summed E-state index contributed by atoms with van der Waals surface area (Å²) in [6.45, 7) is 2.23. The second-order valence-electron chi connectivity index (χ2n) is 0.915. The molecule has 0 saturated carbocycles. The van der Waals surface area contributed by atoms with Crippen LogP contribution in [0.25, 0.3) is 0 Å². The van der Waals surface area contributed by atoms with Crippen LogP contribution < -0.4 is 0 Å². The third kappa shape index (κ3) is 3.89. The highest BCUT2D eigenvalue weighted by Gasteiger charge is 1.87. The second kappa shape index (κ2) is 4.87. The average molecular weight is 158 g/mol. The minimum Gasteiger partial charge on any atom is -0.110 e. The smallest absolute Gasteiger partial charge is 0.0281 e. The van der Waals surface area contributed by atoms with Crippen molar-refractivity contribution in [3.05, 3.63) is 0 Å². The first kappa shape index (κ1) is 7.72. The van der Waals surface area contributed by atoms with Gasteiger partial charge in [-0.25, -0.2) is 0 Å². The third-order valence-corrected chi connectivity index (χ3v) is 11.6. The molecule has 0 spiro atoms. The Balaban J connectivity index is 2.75. The Morgan fingerprint density at radius 1 is 1.83 bits per heavy atom. The Kier molecular flexibility index (Phi) is 6.26. The van der Waals surface area contributed by atoms with E-state index in [-0.39, 0.29) is 0 Å². The van der Waals surface area contributed by atoms with Crippen LogP contribution in [0.15, 0.2) is 0 Å². The Hall–Kier alpha value is 1.72. The van der Waals surface area contributed by atoms with Gasteiger partial charge < -0.3 is 0 Å². The van der Waals surface area contributed by atoms with Gasteiger partial charge in [-0.05, 0) is 6.16 Å². The Morgan fingerprint density at radius 2 is 2.33 bits per heavy atom. The van der Waals surface area contributed by atoms with E-state index in [4.69, 9.17) is 0 Å². The van der Waals surface area contributed by atoms with Gasteiger partial charge in [0.15, 0.2) is 0 Å². The van der Waals surface area contributed by atoms with Gasteiger partial charge in [0.1, 0.15) is 0 Å². The van der Waals surface area contributed by atoms with E-state index < -0.39 is 0 Å². The van der Waals surface area contributed by atoms with E-state index in [1.165, 1.54) is 6.16 Å². The van der Waals surface area contributed by atoms with Crippen LogP contribution in [0, 0.1) is 0 Å². The summed E-state index contributed by atoms with van der Waals surface area (Å²) in [6.07, 6.45) is 1.35. The standard InChI is InChI=1S/C2H10P4/c1-2-6(4)5-3/h5H,2-4H2,1H3. The van der Waals surface area contributed by atoms with Crippen molar-refractivity contribution in [3.8, 4) is 0 Å². The molecule has 0 aliphatic heterocycles. The van der Waals surface area contributed by atoms with Crippen molar-refractivity contribution in [3.63, 3.8) is 0 Å². The van der Waals surface area contributed by atoms with Crippen LogP contribution in [0.3, 0.4) is 0 Å². The molecule has 4 unspecified atom stereocenters. The number of hydrogen-bond acceptors (Lipinski definition) is 0. The largest absolute Gasteiger partial charge is 0.110 e. The first-order chi connectivity index (χ1) is 2.81. The summed E-state index contributed by atoms with van der Waals surface area (Å²) in [5, 5.41) is 0. The molecule has 0 bridgehead atoms. The van der Waals surface area contributed by atoms with Gasteiger partial charge in [0, 0.05) is 0 Å². The molecule has 0 heterocycles. The molecule has 0 N–H and O–H groups in total. The van der Waals surface area contributed by atoms with E-state index in [0.717, 1.165) is 7.96 Å². The molecule has 0 nitrogen and oxygen atoms in total. The molecule has 0 aliphatic rings. The maximum atomic E-state index is 2.87. The molecule has 0 amide bonds. The van der Waals surface area contributed by atoms with E-state index >= 15 is 0 Å². The molecule has 0 aliphatic carbocycles. The zero-order valence-corrected chi connectivity index (χ0v) is 8.01. The Labute approximate surface area is 46.9 Å². The van der Waals surface area contributed by atoms with E-state index in [9.17, 15) is 0 Å². The van der Waals surface area contributed by atoms with Crippen LogP contribution in [-0.2, 0) is 0 Å². The lowest BCUT2D eigenvalue weighted by molar-refractivity contribution is 1.53. The van der Waals surface area contributed by atoms with Gasteiger partial charge in [0.05, 0.1) is 0 Å². The maximum Gasteiger partial charge on any atom is -0.0281 e. The molecule has 4 heteroatoms. The van der Waals surface area contributed by atoms with E-state index in [2.05, 4.69) is 24.8 Å². The fourth-order valence-corrected chi connectivity index (χ4v) is 2.46. The van der Waals surface area contributed by atoms with Crippen LogP contribution in [0.4, 0.5) is 0 Å². The molecule has 0 rings (SSSR count). The van der Waals surface area contributed by atoms with Crippen LogP contribution in [0.2, 0.25) is 0 Å². The highest BCUT2D eigenvalue weighted by atomic mass is 32.6. The lowest BCUT2D eigenvalue weighted by Gasteiger charge is -2.00. The zero-order chi connectivity index (χ0) is 4.99. The molecule has 0 aromatic heterocycles. The molecule has 38 valence electrons. The fourth-order valence-electron chi connectivity index (χ4n) is 0.0913. The first-order valence-corrected chi connectivity index (χ1v) is 8.59. The minimum atomic E-state index is 0.331. The second-order valence-corrected chi connectivity index (χ2v) is 11.0. The summed E-state index contributed by atoms with van der Waals surface area (Å²) in [7, 11) is 7.05. The molecule has 6 heavy (non-hydrogen) atoms.